The van der Waals surface area contributed by atoms with Gasteiger partial charge in [0, 0.05) is 12.7 Å². The number of furan rings is 1. The first-order chi connectivity index (χ1) is 10.8. The summed E-state index contributed by atoms with van der Waals surface area (Å²) >= 11 is 0. The van der Waals surface area contributed by atoms with E-state index in [-0.39, 0.29) is 12.1 Å². The van der Waals surface area contributed by atoms with Crippen LogP contribution in [0.2, 0.25) is 0 Å². The molecule has 0 spiro atoms. The lowest BCUT2D eigenvalue weighted by atomic mass is 10.2. The number of hydrogen-bond acceptors (Lipinski definition) is 4. The third-order valence-electron chi connectivity index (χ3n) is 3.82. The fourth-order valence-electron chi connectivity index (χ4n) is 2.73. The molecule has 2 N–H and O–H groups in total. The van der Waals surface area contributed by atoms with Crippen molar-refractivity contribution in [3.63, 3.8) is 0 Å². The Hall–Kier alpha value is -2.34. The van der Waals surface area contributed by atoms with E-state index in [0.29, 0.717) is 12.4 Å². The minimum atomic E-state index is -0.255. The van der Waals surface area contributed by atoms with E-state index in [2.05, 4.69) is 20.5 Å². The summed E-state index contributed by atoms with van der Waals surface area (Å²) in [7, 11) is 0. The van der Waals surface area contributed by atoms with Crippen LogP contribution < -0.4 is 10.6 Å². The van der Waals surface area contributed by atoms with Gasteiger partial charge in [0.15, 0.2) is 0 Å². The summed E-state index contributed by atoms with van der Waals surface area (Å²) < 4.78 is 5.53. The van der Waals surface area contributed by atoms with Crippen LogP contribution in [0.15, 0.2) is 47.2 Å². The molecule has 0 aromatic carbocycles. The van der Waals surface area contributed by atoms with Crippen molar-refractivity contribution in [2.45, 2.75) is 18.9 Å². The van der Waals surface area contributed by atoms with E-state index in [1.807, 2.05) is 24.3 Å². The number of hydrogen-bond donors (Lipinski definition) is 2. The molecule has 1 aliphatic rings. The maximum atomic E-state index is 12.0. The monoisotopic (exact) mass is 300 g/mol. The van der Waals surface area contributed by atoms with E-state index in [4.69, 9.17) is 4.42 Å². The molecule has 1 fully saturated rings. The Bertz CT molecular complexity index is 579. The van der Waals surface area contributed by atoms with Gasteiger partial charge >= 0.3 is 6.03 Å². The van der Waals surface area contributed by atoms with Gasteiger partial charge in [0.05, 0.1) is 12.3 Å². The van der Waals surface area contributed by atoms with Crippen LogP contribution in [-0.2, 0) is 0 Å². The number of rotatable bonds is 5. The largest absolute Gasteiger partial charge is 0.468 e. The Morgan fingerprint density at radius 1 is 1.27 bits per heavy atom. The highest BCUT2D eigenvalue weighted by molar-refractivity contribution is 5.88. The average molecular weight is 300 g/mol. The predicted octanol–water partition coefficient (Wildman–Crippen LogP) is 2.63. The predicted molar refractivity (Wildman–Crippen MR) is 83.5 cm³/mol. The molecule has 1 saturated heterocycles. The third kappa shape index (κ3) is 3.65. The van der Waals surface area contributed by atoms with Gasteiger partial charge < -0.3 is 9.73 Å². The van der Waals surface area contributed by atoms with E-state index in [9.17, 15) is 4.79 Å². The summed E-state index contributed by atoms with van der Waals surface area (Å²) in [5.41, 5.74) is 0. The van der Waals surface area contributed by atoms with Crippen molar-refractivity contribution in [3.8, 4) is 0 Å². The Labute approximate surface area is 129 Å². The molecule has 6 nitrogen and oxygen atoms in total. The van der Waals surface area contributed by atoms with Gasteiger partial charge in [-0.1, -0.05) is 6.07 Å². The van der Waals surface area contributed by atoms with Gasteiger partial charge in [-0.15, -0.1) is 0 Å². The third-order valence-corrected chi connectivity index (χ3v) is 3.82. The van der Waals surface area contributed by atoms with Crippen molar-refractivity contribution in [2.75, 3.05) is 25.0 Å². The van der Waals surface area contributed by atoms with Crippen molar-refractivity contribution in [2.24, 2.45) is 0 Å². The van der Waals surface area contributed by atoms with Crippen molar-refractivity contribution < 1.29 is 9.21 Å². The van der Waals surface area contributed by atoms with Crippen LogP contribution in [-0.4, -0.2) is 35.5 Å². The lowest BCUT2D eigenvalue weighted by Gasteiger charge is -2.25. The highest BCUT2D eigenvalue weighted by Crippen LogP contribution is 2.24. The summed E-state index contributed by atoms with van der Waals surface area (Å²) in [6.07, 6.45) is 5.70. The van der Waals surface area contributed by atoms with E-state index in [0.717, 1.165) is 18.8 Å². The second-order valence-corrected chi connectivity index (χ2v) is 5.32. The van der Waals surface area contributed by atoms with E-state index < -0.39 is 0 Å². The number of nitrogens with one attached hydrogen (secondary N) is 2. The molecule has 2 amide bonds. The maximum absolute atomic E-state index is 12.0. The number of likely N-dealkylation sites (tertiary alicyclic amines) is 1. The summed E-state index contributed by atoms with van der Waals surface area (Å²) in [6, 6.07) is 9.06. The molecule has 6 heteroatoms. The summed E-state index contributed by atoms with van der Waals surface area (Å²) in [5, 5.41) is 5.63. The molecular weight excluding hydrogens is 280 g/mol. The molecule has 22 heavy (non-hydrogen) atoms. The van der Waals surface area contributed by atoms with Gasteiger partial charge in [0.25, 0.3) is 0 Å². The Balaban J connectivity index is 1.58. The van der Waals surface area contributed by atoms with Crippen LogP contribution in [0.25, 0.3) is 0 Å². The smallest absolute Gasteiger partial charge is 0.320 e. The fourth-order valence-corrected chi connectivity index (χ4v) is 2.73. The number of anilines is 1. The standard InChI is InChI=1S/C16H20N4O2/c21-16(19-15-7-1-2-8-17-15)18-12-13(14-6-5-11-22-14)20-9-3-4-10-20/h1-2,5-8,11,13H,3-4,9-10,12H2,(H2,17,18,19,21). The Kier molecular flexibility index (Phi) is 4.70. The topological polar surface area (TPSA) is 70.4 Å². The lowest BCUT2D eigenvalue weighted by molar-refractivity contribution is 0.207. The van der Waals surface area contributed by atoms with E-state index in [1.165, 1.54) is 12.8 Å². The molecule has 0 bridgehead atoms. The van der Waals surface area contributed by atoms with Gasteiger partial charge in [0.2, 0.25) is 0 Å². The number of nitrogens with zero attached hydrogens (tertiary/aromatic N) is 2. The van der Waals surface area contributed by atoms with Crippen LogP contribution in [0.4, 0.5) is 10.6 Å². The van der Waals surface area contributed by atoms with E-state index in [1.54, 1.807) is 18.5 Å². The normalized spacial score (nSPS) is 16.4. The molecule has 1 unspecified atom stereocenters. The van der Waals surface area contributed by atoms with E-state index >= 15 is 0 Å². The average Bonchev–Trinajstić information content (AvgIpc) is 3.22. The maximum Gasteiger partial charge on any atom is 0.320 e. The number of carbonyl (C=O) groups excluding carboxylic acids is 1. The molecule has 3 heterocycles. The van der Waals surface area contributed by atoms with Gasteiger partial charge in [-0.05, 0) is 50.2 Å². The molecule has 0 saturated carbocycles. The zero-order valence-electron chi connectivity index (χ0n) is 12.4. The van der Waals surface area contributed by atoms with Crippen LogP contribution >= 0.6 is 0 Å². The molecule has 116 valence electrons. The van der Waals surface area contributed by atoms with Crippen molar-refractivity contribution in [3.05, 3.63) is 48.6 Å². The molecule has 0 radical (unpaired) electrons. The molecule has 2 aromatic heterocycles. The minimum Gasteiger partial charge on any atom is -0.468 e. The van der Waals surface area contributed by atoms with Crippen molar-refractivity contribution in [1.82, 2.24) is 15.2 Å². The number of aromatic nitrogens is 1. The molecule has 3 rings (SSSR count). The number of amides is 2. The minimum absolute atomic E-state index is 0.0759. The zero-order chi connectivity index (χ0) is 15.2. The molecule has 1 atom stereocenters. The van der Waals surface area contributed by atoms with Crippen LogP contribution in [0.1, 0.15) is 24.6 Å². The molecular formula is C16H20N4O2. The van der Waals surface area contributed by atoms with Gasteiger partial charge in [-0.25, -0.2) is 9.78 Å². The summed E-state index contributed by atoms with van der Waals surface area (Å²) in [5.74, 6) is 1.43. The van der Waals surface area contributed by atoms with Gasteiger partial charge in [-0.2, -0.15) is 0 Å². The zero-order valence-corrected chi connectivity index (χ0v) is 12.4. The summed E-state index contributed by atoms with van der Waals surface area (Å²) in [6.45, 7) is 2.58. The fraction of sp³-hybridized carbons (Fsp3) is 0.375. The lowest BCUT2D eigenvalue weighted by Crippen LogP contribution is -2.38. The highest BCUT2D eigenvalue weighted by atomic mass is 16.3. The van der Waals surface area contributed by atoms with Crippen LogP contribution in [0.3, 0.4) is 0 Å². The Morgan fingerprint density at radius 2 is 2.14 bits per heavy atom. The first kappa shape index (κ1) is 14.6. The quantitative estimate of drug-likeness (QED) is 0.890. The summed E-state index contributed by atoms with van der Waals surface area (Å²) in [4.78, 5) is 18.4. The first-order valence-corrected chi connectivity index (χ1v) is 7.56. The second-order valence-electron chi connectivity index (χ2n) is 5.32. The second kappa shape index (κ2) is 7.09. The highest BCUT2D eigenvalue weighted by Gasteiger charge is 2.25. The van der Waals surface area contributed by atoms with Gasteiger partial charge in [-0.3, -0.25) is 10.2 Å². The SMILES string of the molecule is O=C(NCC(c1ccco1)N1CCCC1)Nc1ccccn1. The van der Waals surface area contributed by atoms with Crippen molar-refractivity contribution in [1.29, 1.82) is 0 Å². The molecule has 0 aliphatic carbocycles. The van der Waals surface area contributed by atoms with Crippen LogP contribution in [0.5, 0.6) is 0 Å². The Morgan fingerprint density at radius 3 is 2.82 bits per heavy atom. The number of pyridine rings is 1. The number of carbonyl (C=O) groups is 1. The first-order valence-electron chi connectivity index (χ1n) is 7.56. The molecule has 1 aliphatic heterocycles. The molecule has 2 aromatic rings. The van der Waals surface area contributed by atoms with Crippen molar-refractivity contribution >= 4 is 11.8 Å². The van der Waals surface area contributed by atoms with Crippen LogP contribution in [0, 0.1) is 0 Å². The van der Waals surface area contributed by atoms with Gasteiger partial charge in [0.1, 0.15) is 11.6 Å². The number of urea groups is 1.